The maximum Gasteiger partial charge on any atom is 0.143 e. The Kier molecular flexibility index (Phi) is 4.29. The van der Waals surface area contributed by atoms with Gasteiger partial charge in [-0.25, -0.2) is 4.68 Å². The van der Waals surface area contributed by atoms with E-state index in [1.807, 2.05) is 4.68 Å². The highest BCUT2D eigenvalue weighted by Crippen LogP contribution is 2.33. The number of methoxy groups -OCH3 is 1. The molecule has 0 radical (unpaired) electrons. The first kappa shape index (κ1) is 13.4. The zero-order valence-corrected chi connectivity index (χ0v) is 11.7. The van der Waals surface area contributed by atoms with E-state index in [0.29, 0.717) is 17.3 Å². The quantitative estimate of drug-likeness (QED) is 0.758. The van der Waals surface area contributed by atoms with Crippen molar-refractivity contribution in [2.24, 2.45) is 11.7 Å². The molecule has 1 atom stereocenters. The van der Waals surface area contributed by atoms with Crippen molar-refractivity contribution in [3.63, 3.8) is 0 Å². The molecule has 1 aromatic rings. The van der Waals surface area contributed by atoms with E-state index < -0.39 is 0 Å². The Labute approximate surface area is 113 Å². The number of rotatable bonds is 7. The van der Waals surface area contributed by atoms with Gasteiger partial charge in [0.1, 0.15) is 10.7 Å². The molecule has 0 aromatic carbocycles. The standard InChI is InChI=1S/C12H20N4OS/c1-8(5-6-17-2)16-10(7-9-3-4-9)11(12(13)18)14-15-16/h8-9H,3-7H2,1-2H3,(H2,13,18). The van der Waals surface area contributed by atoms with Gasteiger partial charge in [0.05, 0.1) is 11.7 Å². The second-order valence-corrected chi connectivity index (χ2v) is 5.41. The predicted molar refractivity (Wildman–Crippen MR) is 73.5 cm³/mol. The molecule has 6 heteroatoms. The number of hydrogen-bond donors (Lipinski definition) is 1. The first-order valence-electron chi connectivity index (χ1n) is 6.36. The number of aromatic nitrogens is 3. The Hall–Kier alpha value is -1.01. The van der Waals surface area contributed by atoms with Crippen LogP contribution in [0.5, 0.6) is 0 Å². The molecular formula is C12H20N4OS. The van der Waals surface area contributed by atoms with Crippen LogP contribution < -0.4 is 5.73 Å². The maximum atomic E-state index is 5.72. The summed E-state index contributed by atoms with van der Waals surface area (Å²) in [6, 6.07) is 0.259. The molecule has 0 bridgehead atoms. The summed E-state index contributed by atoms with van der Waals surface area (Å²) in [5, 5.41) is 8.35. The number of nitrogens with zero attached hydrogens (tertiary/aromatic N) is 3. The van der Waals surface area contributed by atoms with Crippen molar-refractivity contribution in [2.75, 3.05) is 13.7 Å². The van der Waals surface area contributed by atoms with Crippen molar-refractivity contribution in [3.8, 4) is 0 Å². The van der Waals surface area contributed by atoms with E-state index in [1.165, 1.54) is 12.8 Å². The smallest absolute Gasteiger partial charge is 0.143 e. The van der Waals surface area contributed by atoms with Crippen molar-refractivity contribution in [2.45, 2.75) is 38.6 Å². The molecule has 1 aliphatic carbocycles. The summed E-state index contributed by atoms with van der Waals surface area (Å²) in [6.07, 6.45) is 4.47. The van der Waals surface area contributed by atoms with Crippen LogP contribution in [-0.4, -0.2) is 33.7 Å². The molecule has 2 rings (SSSR count). The number of hydrogen-bond acceptors (Lipinski definition) is 4. The van der Waals surface area contributed by atoms with Crippen LogP contribution in [-0.2, 0) is 11.2 Å². The molecule has 1 aliphatic rings. The van der Waals surface area contributed by atoms with Gasteiger partial charge in [0.15, 0.2) is 0 Å². The molecule has 1 unspecified atom stereocenters. The van der Waals surface area contributed by atoms with E-state index in [1.54, 1.807) is 7.11 Å². The van der Waals surface area contributed by atoms with E-state index in [4.69, 9.17) is 22.7 Å². The minimum atomic E-state index is 0.259. The molecule has 0 amide bonds. The van der Waals surface area contributed by atoms with Crippen LogP contribution >= 0.6 is 12.2 Å². The van der Waals surface area contributed by atoms with Gasteiger partial charge in [-0.05, 0) is 38.5 Å². The average molecular weight is 268 g/mol. The second-order valence-electron chi connectivity index (χ2n) is 4.97. The molecule has 0 aliphatic heterocycles. The van der Waals surface area contributed by atoms with Gasteiger partial charge in [0.25, 0.3) is 0 Å². The van der Waals surface area contributed by atoms with E-state index in [-0.39, 0.29) is 6.04 Å². The fourth-order valence-corrected chi connectivity index (χ4v) is 2.21. The summed E-state index contributed by atoms with van der Waals surface area (Å²) in [5.41, 5.74) is 7.50. The number of nitrogens with two attached hydrogens (primary N) is 1. The SMILES string of the molecule is COCCC(C)n1nnc(C(N)=S)c1CC1CC1. The lowest BCUT2D eigenvalue weighted by Gasteiger charge is -2.14. The molecule has 100 valence electrons. The highest BCUT2D eigenvalue weighted by molar-refractivity contribution is 7.80. The predicted octanol–water partition coefficient (Wildman–Crippen LogP) is 1.46. The molecule has 2 N–H and O–H groups in total. The summed E-state index contributed by atoms with van der Waals surface area (Å²) >= 11 is 5.05. The Balaban J connectivity index is 2.19. The molecular weight excluding hydrogens is 248 g/mol. The van der Waals surface area contributed by atoms with Crippen LogP contribution in [0, 0.1) is 5.92 Å². The zero-order valence-electron chi connectivity index (χ0n) is 10.9. The molecule has 1 heterocycles. The lowest BCUT2D eigenvalue weighted by molar-refractivity contribution is 0.177. The fourth-order valence-electron chi connectivity index (χ4n) is 2.06. The normalized spacial score (nSPS) is 16.8. The largest absolute Gasteiger partial charge is 0.388 e. The van der Waals surface area contributed by atoms with Crippen LogP contribution in [0.25, 0.3) is 0 Å². The van der Waals surface area contributed by atoms with Crippen molar-refractivity contribution < 1.29 is 4.74 Å². The van der Waals surface area contributed by atoms with Gasteiger partial charge in [-0.2, -0.15) is 0 Å². The highest BCUT2D eigenvalue weighted by Gasteiger charge is 2.27. The molecule has 5 nitrogen and oxygen atoms in total. The molecule has 1 fully saturated rings. The van der Waals surface area contributed by atoms with Crippen molar-refractivity contribution in [1.29, 1.82) is 0 Å². The summed E-state index contributed by atoms with van der Waals surface area (Å²) in [7, 11) is 1.71. The first-order chi connectivity index (χ1) is 8.63. The lowest BCUT2D eigenvalue weighted by Crippen LogP contribution is -2.17. The van der Waals surface area contributed by atoms with Crippen molar-refractivity contribution in [1.82, 2.24) is 15.0 Å². The summed E-state index contributed by atoms with van der Waals surface area (Å²) < 4.78 is 7.07. The third-order valence-corrected chi connectivity index (χ3v) is 3.55. The van der Waals surface area contributed by atoms with E-state index in [2.05, 4.69) is 17.2 Å². The van der Waals surface area contributed by atoms with Gasteiger partial charge < -0.3 is 10.5 Å². The third kappa shape index (κ3) is 3.05. The average Bonchev–Trinajstić information content (AvgIpc) is 3.03. The van der Waals surface area contributed by atoms with E-state index in [0.717, 1.165) is 24.5 Å². The van der Waals surface area contributed by atoms with Crippen LogP contribution in [0.15, 0.2) is 0 Å². The Morgan fingerprint density at radius 1 is 1.61 bits per heavy atom. The minimum absolute atomic E-state index is 0.259. The number of ether oxygens (including phenoxy) is 1. The molecule has 0 saturated heterocycles. The Bertz CT molecular complexity index is 428. The number of thiocarbonyl (C=S) groups is 1. The Morgan fingerprint density at radius 3 is 2.89 bits per heavy atom. The molecule has 0 spiro atoms. The maximum absolute atomic E-state index is 5.72. The minimum Gasteiger partial charge on any atom is -0.388 e. The van der Waals surface area contributed by atoms with E-state index >= 15 is 0 Å². The molecule has 18 heavy (non-hydrogen) atoms. The molecule has 1 saturated carbocycles. The lowest BCUT2D eigenvalue weighted by atomic mass is 10.1. The monoisotopic (exact) mass is 268 g/mol. The molecule has 1 aromatic heterocycles. The van der Waals surface area contributed by atoms with Gasteiger partial charge in [-0.3, -0.25) is 0 Å². The Morgan fingerprint density at radius 2 is 2.33 bits per heavy atom. The topological polar surface area (TPSA) is 66.0 Å². The second kappa shape index (κ2) is 5.75. The van der Waals surface area contributed by atoms with Crippen LogP contribution in [0.1, 0.15) is 43.6 Å². The van der Waals surface area contributed by atoms with Crippen molar-refractivity contribution in [3.05, 3.63) is 11.4 Å². The van der Waals surface area contributed by atoms with Crippen LogP contribution in [0.2, 0.25) is 0 Å². The summed E-state index contributed by atoms with van der Waals surface area (Å²) in [6.45, 7) is 2.83. The summed E-state index contributed by atoms with van der Waals surface area (Å²) in [5.74, 6) is 0.755. The third-order valence-electron chi connectivity index (χ3n) is 3.36. The first-order valence-corrected chi connectivity index (χ1v) is 6.77. The highest BCUT2D eigenvalue weighted by atomic mass is 32.1. The fraction of sp³-hybridized carbons (Fsp3) is 0.750. The van der Waals surface area contributed by atoms with Gasteiger partial charge in [0.2, 0.25) is 0 Å². The van der Waals surface area contributed by atoms with Crippen LogP contribution in [0.4, 0.5) is 0 Å². The van der Waals surface area contributed by atoms with Gasteiger partial charge in [0, 0.05) is 13.7 Å². The van der Waals surface area contributed by atoms with Gasteiger partial charge >= 0.3 is 0 Å². The van der Waals surface area contributed by atoms with Crippen LogP contribution in [0.3, 0.4) is 0 Å². The van der Waals surface area contributed by atoms with Crippen molar-refractivity contribution >= 4 is 17.2 Å². The van der Waals surface area contributed by atoms with Gasteiger partial charge in [-0.15, -0.1) is 5.10 Å². The van der Waals surface area contributed by atoms with E-state index in [9.17, 15) is 0 Å². The van der Waals surface area contributed by atoms with Gasteiger partial charge in [-0.1, -0.05) is 17.4 Å². The zero-order chi connectivity index (χ0) is 13.1. The summed E-state index contributed by atoms with van der Waals surface area (Å²) in [4.78, 5) is 0.343.